The molecular weight excluding hydrogens is 352 g/mol. The number of urea groups is 1. The number of hydrogen-bond donors (Lipinski definition) is 1. The van der Waals surface area contributed by atoms with Gasteiger partial charge in [0.25, 0.3) is 0 Å². The third-order valence-corrected chi connectivity index (χ3v) is 4.92. The highest BCUT2D eigenvalue weighted by Crippen LogP contribution is 2.23. The van der Waals surface area contributed by atoms with Crippen molar-refractivity contribution in [3.05, 3.63) is 72.4 Å². The van der Waals surface area contributed by atoms with Gasteiger partial charge in [0.15, 0.2) is 0 Å². The molecule has 0 saturated carbocycles. The summed E-state index contributed by atoms with van der Waals surface area (Å²) >= 11 is 0. The Morgan fingerprint density at radius 3 is 2.57 bits per heavy atom. The first-order valence-electron chi connectivity index (χ1n) is 9.54. The molecule has 1 fully saturated rings. The van der Waals surface area contributed by atoms with Gasteiger partial charge < -0.3 is 15.0 Å². The highest BCUT2D eigenvalue weighted by atomic mass is 16.5. The normalized spacial score (nSPS) is 16.8. The number of hydrogen-bond acceptors (Lipinski definition) is 3. The summed E-state index contributed by atoms with van der Waals surface area (Å²) in [6, 6.07) is 20.0. The third kappa shape index (κ3) is 3.92. The number of para-hydroxylation sites is 1. The van der Waals surface area contributed by atoms with E-state index in [2.05, 4.69) is 5.32 Å². The van der Waals surface area contributed by atoms with Gasteiger partial charge in [-0.2, -0.15) is 5.10 Å². The van der Waals surface area contributed by atoms with Gasteiger partial charge in [0, 0.05) is 30.4 Å². The molecule has 0 bridgehead atoms. The van der Waals surface area contributed by atoms with Crippen LogP contribution in [0.4, 0.5) is 4.79 Å². The van der Waals surface area contributed by atoms with Gasteiger partial charge in [-0.05, 0) is 19.1 Å². The van der Waals surface area contributed by atoms with E-state index < -0.39 is 0 Å². The fourth-order valence-corrected chi connectivity index (χ4v) is 3.39. The Labute approximate surface area is 164 Å². The maximum Gasteiger partial charge on any atom is 0.318 e. The van der Waals surface area contributed by atoms with E-state index in [1.54, 1.807) is 0 Å². The SMILES string of the molecule is CC1COCCN1C(=O)NCc1cn(-c2ccccc2)nc1-c1ccccc1. The molecule has 1 N–H and O–H groups in total. The van der Waals surface area contributed by atoms with Gasteiger partial charge in [-0.15, -0.1) is 0 Å². The van der Waals surface area contributed by atoms with E-state index in [-0.39, 0.29) is 12.1 Å². The molecular formula is C22H24N4O2. The number of nitrogens with one attached hydrogen (secondary N) is 1. The van der Waals surface area contributed by atoms with E-state index in [4.69, 9.17) is 9.84 Å². The maximum absolute atomic E-state index is 12.6. The summed E-state index contributed by atoms with van der Waals surface area (Å²) in [6.45, 7) is 4.19. The molecule has 2 amide bonds. The zero-order valence-corrected chi connectivity index (χ0v) is 15.9. The van der Waals surface area contributed by atoms with Crippen LogP contribution in [-0.4, -0.2) is 46.5 Å². The summed E-state index contributed by atoms with van der Waals surface area (Å²) in [5.41, 5.74) is 3.87. The minimum Gasteiger partial charge on any atom is -0.377 e. The van der Waals surface area contributed by atoms with Gasteiger partial charge in [0.2, 0.25) is 0 Å². The predicted octanol–water partition coefficient (Wildman–Crippen LogP) is 3.47. The molecule has 1 unspecified atom stereocenters. The highest BCUT2D eigenvalue weighted by molar-refractivity contribution is 5.75. The average molecular weight is 376 g/mol. The number of carbonyl (C=O) groups excluding carboxylic acids is 1. The third-order valence-electron chi connectivity index (χ3n) is 4.92. The lowest BCUT2D eigenvalue weighted by molar-refractivity contribution is 0.0190. The van der Waals surface area contributed by atoms with Crippen LogP contribution in [0.25, 0.3) is 16.9 Å². The Morgan fingerprint density at radius 1 is 1.14 bits per heavy atom. The van der Waals surface area contributed by atoms with E-state index in [0.717, 1.165) is 22.5 Å². The first kappa shape index (κ1) is 18.3. The predicted molar refractivity (Wildman–Crippen MR) is 108 cm³/mol. The number of carbonyl (C=O) groups is 1. The van der Waals surface area contributed by atoms with E-state index in [1.165, 1.54) is 0 Å². The Balaban J connectivity index is 1.58. The minimum atomic E-state index is -0.0673. The van der Waals surface area contributed by atoms with Crippen molar-refractivity contribution in [1.82, 2.24) is 20.0 Å². The molecule has 1 aliphatic heterocycles. The molecule has 4 rings (SSSR count). The fourth-order valence-electron chi connectivity index (χ4n) is 3.39. The van der Waals surface area contributed by atoms with Crippen LogP contribution in [-0.2, 0) is 11.3 Å². The molecule has 1 saturated heterocycles. The first-order valence-corrected chi connectivity index (χ1v) is 9.54. The minimum absolute atomic E-state index is 0.0673. The van der Waals surface area contributed by atoms with E-state index in [0.29, 0.717) is 26.3 Å². The van der Waals surface area contributed by atoms with Crippen LogP contribution in [0.5, 0.6) is 0 Å². The van der Waals surface area contributed by atoms with Crippen LogP contribution < -0.4 is 5.32 Å². The smallest absolute Gasteiger partial charge is 0.318 e. The largest absolute Gasteiger partial charge is 0.377 e. The van der Waals surface area contributed by atoms with Crippen LogP contribution in [0, 0.1) is 0 Å². The van der Waals surface area contributed by atoms with Gasteiger partial charge in [-0.3, -0.25) is 0 Å². The summed E-state index contributed by atoms with van der Waals surface area (Å²) in [5.74, 6) is 0. The topological polar surface area (TPSA) is 59.4 Å². The number of benzene rings is 2. The van der Waals surface area contributed by atoms with Gasteiger partial charge in [0.1, 0.15) is 0 Å². The highest BCUT2D eigenvalue weighted by Gasteiger charge is 2.24. The lowest BCUT2D eigenvalue weighted by Crippen LogP contribution is -2.51. The van der Waals surface area contributed by atoms with Crippen LogP contribution in [0.2, 0.25) is 0 Å². The number of amides is 2. The molecule has 1 aliphatic rings. The van der Waals surface area contributed by atoms with Gasteiger partial charge in [-0.25, -0.2) is 9.48 Å². The van der Waals surface area contributed by atoms with Crippen LogP contribution in [0.15, 0.2) is 66.9 Å². The zero-order chi connectivity index (χ0) is 19.3. The summed E-state index contributed by atoms with van der Waals surface area (Å²) in [6.07, 6.45) is 1.99. The summed E-state index contributed by atoms with van der Waals surface area (Å²) in [4.78, 5) is 14.5. The molecule has 3 aromatic rings. The molecule has 2 aromatic carbocycles. The quantitative estimate of drug-likeness (QED) is 0.758. The standard InChI is InChI=1S/C22H24N4O2/c1-17-16-28-13-12-25(17)22(27)23-14-19-15-26(20-10-6-3-7-11-20)24-21(19)18-8-4-2-5-9-18/h2-11,15,17H,12-14,16H2,1H3,(H,23,27). The van der Waals surface area contributed by atoms with Gasteiger partial charge in [-0.1, -0.05) is 48.5 Å². The van der Waals surface area contributed by atoms with E-state index in [1.807, 2.05) is 83.4 Å². The summed E-state index contributed by atoms with van der Waals surface area (Å²) < 4.78 is 7.28. The van der Waals surface area contributed by atoms with Crippen molar-refractivity contribution in [3.8, 4) is 16.9 Å². The Bertz CT molecular complexity index is 924. The Hall–Kier alpha value is -3.12. The first-order chi connectivity index (χ1) is 13.7. The lowest BCUT2D eigenvalue weighted by atomic mass is 10.1. The van der Waals surface area contributed by atoms with Crippen molar-refractivity contribution < 1.29 is 9.53 Å². The van der Waals surface area contributed by atoms with E-state index >= 15 is 0 Å². The van der Waals surface area contributed by atoms with Crippen molar-refractivity contribution in [2.24, 2.45) is 0 Å². The molecule has 6 heteroatoms. The maximum atomic E-state index is 12.6. The van der Waals surface area contributed by atoms with Crippen molar-refractivity contribution >= 4 is 6.03 Å². The van der Waals surface area contributed by atoms with Crippen LogP contribution in [0.1, 0.15) is 12.5 Å². The molecule has 6 nitrogen and oxygen atoms in total. The molecule has 1 atom stereocenters. The molecule has 2 heterocycles. The van der Waals surface area contributed by atoms with Crippen molar-refractivity contribution in [2.75, 3.05) is 19.8 Å². The number of rotatable bonds is 4. The lowest BCUT2D eigenvalue weighted by Gasteiger charge is -2.33. The van der Waals surface area contributed by atoms with Crippen LogP contribution >= 0.6 is 0 Å². The van der Waals surface area contributed by atoms with Gasteiger partial charge >= 0.3 is 6.03 Å². The monoisotopic (exact) mass is 376 g/mol. The second-order valence-corrected chi connectivity index (χ2v) is 6.93. The number of aromatic nitrogens is 2. The molecule has 144 valence electrons. The number of ether oxygens (including phenoxy) is 1. The van der Waals surface area contributed by atoms with Crippen molar-refractivity contribution in [2.45, 2.75) is 19.5 Å². The fraction of sp³-hybridized carbons (Fsp3) is 0.273. The molecule has 0 aliphatic carbocycles. The van der Waals surface area contributed by atoms with Crippen molar-refractivity contribution in [1.29, 1.82) is 0 Å². The molecule has 0 radical (unpaired) electrons. The van der Waals surface area contributed by atoms with Crippen LogP contribution in [0.3, 0.4) is 0 Å². The molecule has 1 aromatic heterocycles. The summed E-state index contributed by atoms with van der Waals surface area (Å²) in [7, 11) is 0. The Morgan fingerprint density at radius 2 is 1.86 bits per heavy atom. The Kier molecular flexibility index (Phi) is 5.39. The second-order valence-electron chi connectivity index (χ2n) is 6.93. The molecule has 28 heavy (non-hydrogen) atoms. The number of morpholine rings is 1. The van der Waals surface area contributed by atoms with Crippen molar-refractivity contribution in [3.63, 3.8) is 0 Å². The summed E-state index contributed by atoms with van der Waals surface area (Å²) in [5, 5.41) is 7.84. The average Bonchev–Trinajstić information content (AvgIpc) is 3.18. The zero-order valence-electron chi connectivity index (χ0n) is 15.9. The second kappa shape index (κ2) is 8.27. The molecule has 0 spiro atoms. The number of nitrogens with zero attached hydrogens (tertiary/aromatic N) is 3. The van der Waals surface area contributed by atoms with Gasteiger partial charge in [0.05, 0.1) is 30.6 Å². The van der Waals surface area contributed by atoms with E-state index in [9.17, 15) is 4.79 Å².